The second kappa shape index (κ2) is 6.46. The summed E-state index contributed by atoms with van der Waals surface area (Å²) in [4.78, 5) is 16.5. The Morgan fingerprint density at radius 1 is 1.48 bits per heavy atom. The second-order valence-electron chi connectivity index (χ2n) is 5.38. The van der Waals surface area contributed by atoms with Gasteiger partial charge in [0, 0.05) is 29.5 Å². The molecule has 21 heavy (non-hydrogen) atoms. The molecule has 5 nitrogen and oxygen atoms in total. The van der Waals surface area contributed by atoms with Crippen molar-refractivity contribution in [2.75, 3.05) is 31.8 Å². The van der Waals surface area contributed by atoms with Gasteiger partial charge in [-0.2, -0.15) is 0 Å². The van der Waals surface area contributed by atoms with Gasteiger partial charge in [0.15, 0.2) is 9.84 Å². The number of hydrogen-bond donors (Lipinski definition) is 0. The van der Waals surface area contributed by atoms with Gasteiger partial charge < -0.3 is 9.64 Å². The van der Waals surface area contributed by atoms with E-state index in [1.807, 2.05) is 19.9 Å². The number of nitrogens with zero attached hydrogens (tertiary/aromatic N) is 1. The van der Waals surface area contributed by atoms with Gasteiger partial charge in [-0.25, -0.2) is 8.42 Å². The number of carbonyl (C=O) groups excluding carboxylic acids is 1. The van der Waals surface area contributed by atoms with Gasteiger partial charge in [0.2, 0.25) is 0 Å². The van der Waals surface area contributed by atoms with Crippen molar-refractivity contribution in [2.45, 2.75) is 26.3 Å². The molecule has 0 bridgehead atoms. The molecule has 0 aromatic carbocycles. The SMILES string of the molecule is COCCN(C(=O)c1cc(C)sc1C)[C@@H]1CCS(=O)(=O)C1. The van der Waals surface area contributed by atoms with E-state index in [-0.39, 0.29) is 23.5 Å². The summed E-state index contributed by atoms with van der Waals surface area (Å²) >= 11 is 1.58. The van der Waals surface area contributed by atoms with Crippen molar-refractivity contribution in [3.05, 3.63) is 21.4 Å². The zero-order chi connectivity index (χ0) is 15.6. The lowest BCUT2D eigenvalue weighted by atomic mass is 10.1. The molecule has 7 heteroatoms. The van der Waals surface area contributed by atoms with Gasteiger partial charge >= 0.3 is 0 Å². The molecule has 1 aliphatic heterocycles. The molecule has 0 saturated carbocycles. The fourth-order valence-corrected chi connectivity index (χ4v) is 5.31. The van der Waals surface area contributed by atoms with Crippen LogP contribution in [-0.4, -0.2) is 57.0 Å². The van der Waals surface area contributed by atoms with Gasteiger partial charge in [-0.1, -0.05) is 0 Å². The second-order valence-corrected chi connectivity index (χ2v) is 9.06. The minimum absolute atomic E-state index is 0.0601. The predicted molar refractivity (Wildman–Crippen MR) is 83.8 cm³/mol. The first-order chi connectivity index (χ1) is 9.84. The molecule has 1 amide bonds. The Kier molecular flexibility index (Phi) is 5.06. The van der Waals surface area contributed by atoms with Gasteiger partial charge in [-0.15, -0.1) is 11.3 Å². The van der Waals surface area contributed by atoms with E-state index in [1.165, 1.54) is 0 Å². The Labute approximate surface area is 129 Å². The highest BCUT2D eigenvalue weighted by Gasteiger charge is 2.35. The summed E-state index contributed by atoms with van der Waals surface area (Å²) in [6, 6.07) is 1.64. The van der Waals surface area contributed by atoms with Crippen LogP contribution in [0, 0.1) is 13.8 Å². The van der Waals surface area contributed by atoms with Crippen LogP contribution in [-0.2, 0) is 14.6 Å². The first-order valence-corrected chi connectivity index (χ1v) is 9.55. The lowest BCUT2D eigenvalue weighted by Gasteiger charge is -2.28. The van der Waals surface area contributed by atoms with E-state index in [0.717, 1.165) is 9.75 Å². The smallest absolute Gasteiger partial charge is 0.255 e. The number of amides is 1. The third-order valence-electron chi connectivity index (χ3n) is 3.72. The average molecular weight is 331 g/mol. The molecule has 1 aromatic heterocycles. The number of aryl methyl sites for hydroxylation is 2. The summed E-state index contributed by atoms with van der Waals surface area (Å²) in [7, 11) is -1.44. The van der Waals surface area contributed by atoms with E-state index in [1.54, 1.807) is 23.3 Å². The maximum Gasteiger partial charge on any atom is 0.255 e. The minimum Gasteiger partial charge on any atom is -0.383 e. The van der Waals surface area contributed by atoms with E-state index in [9.17, 15) is 13.2 Å². The van der Waals surface area contributed by atoms with Gasteiger partial charge in [-0.05, 0) is 26.3 Å². The Morgan fingerprint density at radius 2 is 2.19 bits per heavy atom. The number of carbonyl (C=O) groups is 1. The molecular formula is C14H21NO4S2. The van der Waals surface area contributed by atoms with Crippen LogP contribution in [0.2, 0.25) is 0 Å². The molecule has 0 radical (unpaired) electrons. The summed E-state index contributed by atoms with van der Waals surface area (Å²) in [5, 5.41) is 0. The van der Waals surface area contributed by atoms with E-state index in [2.05, 4.69) is 0 Å². The molecule has 0 unspecified atom stereocenters. The van der Waals surface area contributed by atoms with Crippen LogP contribution < -0.4 is 0 Å². The van der Waals surface area contributed by atoms with Crippen LogP contribution in [0.1, 0.15) is 26.5 Å². The van der Waals surface area contributed by atoms with Crippen LogP contribution in [0.5, 0.6) is 0 Å². The monoisotopic (exact) mass is 331 g/mol. The zero-order valence-corrected chi connectivity index (χ0v) is 14.2. The minimum atomic E-state index is -3.02. The van der Waals surface area contributed by atoms with Crippen molar-refractivity contribution >= 4 is 27.1 Å². The molecule has 1 atom stereocenters. The summed E-state index contributed by atoms with van der Waals surface area (Å²) in [6.45, 7) is 4.72. The van der Waals surface area contributed by atoms with Crippen molar-refractivity contribution in [3.8, 4) is 0 Å². The molecule has 1 saturated heterocycles. The zero-order valence-electron chi connectivity index (χ0n) is 12.6. The number of methoxy groups -OCH3 is 1. The van der Waals surface area contributed by atoms with E-state index < -0.39 is 9.84 Å². The average Bonchev–Trinajstić information content (AvgIpc) is 2.92. The molecule has 0 N–H and O–H groups in total. The fourth-order valence-electron chi connectivity index (χ4n) is 2.66. The van der Waals surface area contributed by atoms with Crippen LogP contribution in [0.3, 0.4) is 0 Å². The van der Waals surface area contributed by atoms with Crippen LogP contribution in [0.15, 0.2) is 6.07 Å². The van der Waals surface area contributed by atoms with E-state index >= 15 is 0 Å². The van der Waals surface area contributed by atoms with Crippen LogP contribution >= 0.6 is 11.3 Å². The normalized spacial score (nSPS) is 20.6. The molecule has 2 rings (SSSR count). The van der Waals surface area contributed by atoms with Gasteiger partial charge in [0.25, 0.3) is 5.91 Å². The summed E-state index contributed by atoms with van der Waals surface area (Å²) in [5.41, 5.74) is 0.679. The number of hydrogen-bond acceptors (Lipinski definition) is 5. The van der Waals surface area contributed by atoms with Crippen molar-refractivity contribution in [2.24, 2.45) is 0 Å². The molecule has 1 fully saturated rings. The van der Waals surface area contributed by atoms with Gasteiger partial charge in [0.1, 0.15) is 0 Å². The Morgan fingerprint density at radius 3 is 2.67 bits per heavy atom. The predicted octanol–water partition coefficient (Wildman–Crippen LogP) is 1.64. The molecular weight excluding hydrogens is 310 g/mol. The molecule has 1 aliphatic rings. The van der Waals surface area contributed by atoms with Crippen molar-refractivity contribution in [1.82, 2.24) is 4.90 Å². The first kappa shape index (κ1) is 16.5. The van der Waals surface area contributed by atoms with Crippen LogP contribution in [0.25, 0.3) is 0 Å². The Bertz CT molecular complexity index is 621. The maximum absolute atomic E-state index is 12.8. The number of thiophene rings is 1. The summed E-state index contributed by atoms with van der Waals surface area (Å²) < 4.78 is 28.4. The lowest BCUT2D eigenvalue weighted by molar-refractivity contribution is 0.0624. The Balaban J connectivity index is 2.23. The van der Waals surface area contributed by atoms with Crippen molar-refractivity contribution < 1.29 is 17.9 Å². The standard InChI is InChI=1S/C14H21NO4S2/c1-10-8-13(11(2)20-10)14(16)15(5-6-19-3)12-4-7-21(17,18)9-12/h8,12H,4-7,9H2,1-3H3/t12-/m1/s1. The highest BCUT2D eigenvalue weighted by Crippen LogP contribution is 2.25. The molecule has 0 aliphatic carbocycles. The van der Waals surface area contributed by atoms with Crippen molar-refractivity contribution in [3.63, 3.8) is 0 Å². The van der Waals surface area contributed by atoms with Crippen LogP contribution in [0.4, 0.5) is 0 Å². The van der Waals surface area contributed by atoms with E-state index in [4.69, 9.17) is 4.74 Å². The fraction of sp³-hybridized carbons (Fsp3) is 0.643. The number of sulfone groups is 1. The number of rotatable bonds is 5. The highest BCUT2D eigenvalue weighted by atomic mass is 32.2. The lowest BCUT2D eigenvalue weighted by Crippen LogP contribution is -2.43. The summed E-state index contributed by atoms with van der Waals surface area (Å²) in [5.74, 6) is 0.136. The summed E-state index contributed by atoms with van der Waals surface area (Å²) in [6.07, 6.45) is 0.514. The molecule has 2 heterocycles. The molecule has 118 valence electrons. The third kappa shape index (κ3) is 3.84. The Hall–Kier alpha value is -0.920. The topological polar surface area (TPSA) is 63.7 Å². The highest BCUT2D eigenvalue weighted by molar-refractivity contribution is 7.91. The third-order valence-corrected chi connectivity index (χ3v) is 6.43. The molecule has 1 aromatic rings. The van der Waals surface area contributed by atoms with Crippen molar-refractivity contribution in [1.29, 1.82) is 0 Å². The van der Waals surface area contributed by atoms with Gasteiger partial charge in [-0.3, -0.25) is 4.79 Å². The quantitative estimate of drug-likeness (QED) is 0.823. The van der Waals surface area contributed by atoms with Gasteiger partial charge in [0.05, 0.1) is 23.7 Å². The van der Waals surface area contributed by atoms with E-state index in [0.29, 0.717) is 25.1 Å². The number of ether oxygens (including phenoxy) is 1. The first-order valence-electron chi connectivity index (χ1n) is 6.91. The largest absolute Gasteiger partial charge is 0.383 e. The molecule has 0 spiro atoms. The maximum atomic E-state index is 12.8.